The largest absolute Gasteiger partial charge is 0.481 e. The van der Waals surface area contributed by atoms with Crippen molar-refractivity contribution < 1.29 is 9.90 Å². The van der Waals surface area contributed by atoms with Gasteiger partial charge in [0.2, 0.25) is 0 Å². The Morgan fingerprint density at radius 1 is 0.897 bits per heavy atom. The third kappa shape index (κ3) is 3.61. The second-order valence-electron chi connectivity index (χ2n) is 16.0. The zero-order valence-corrected chi connectivity index (χ0v) is 25.6. The van der Waals surface area contributed by atoms with Gasteiger partial charge in [0.1, 0.15) is 0 Å². The van der Waals surface area contributed by atoms with Gasteiger partial charge >= 0.3 is 5.97 Å². The molecule has 1 aromatic carbocycles. The Labute approximate surface area is 237 Å². The highest BCUT2D eigenvalue weighted by molar-refractivity contribution is 5.72. The van der Waals surface area contributed by atoms with Gasteiger partial charge in [-0.3, -0.25) is 4.79 Å². The van der Waals surface area contributed by atoms with Crippen LogP contribution in [0.2, 0.25) is 0 Å². The molecule has 0 spiro atoms. The van der Waals surface area contributed by atoms with Gasteiger partial charge in [0, 0.05) is 0 Å². The molecule has 0 aliphatic heterocycles. The summed E-state index contributed by atoms with van der Waals surface area (Å²) in [6, 6.07) is 9.22. The third-order valence-corrected chi connectivity index (χ3v) is 14.3. The van der Waals surface area contributed by atoms with Crippen LogP contribution in [-0.4, -0.2) is 11.1 Å². The predicted octanol–water partition coefficient (Wildman–Crippen LogP) is 9.59. The first kappa shape index (κ1) is 27.3. The first-order chi connectivity index (χ1) is 18.3. The van der Waals surface area contributed by atoms with E-state index in [4.69, 9.17) is 0 Å². The second kappa shape index (κ2) is 8.83. The number of hydrogen-bond donors (Lipinski definition) is 1. The van der Waals surface area contributed by atoms with Gasteiger partial charge in [-0.1, -0.05) is 82.7 Å². The van der Waals surface area contributed by atoms with Crippen molar-refractivity contribution in [1.82, 2.24) is 0 Å². The molecule has 4 saturated carbocycles. The Kier molecular flexibility index (Phi) is 6.19. The van der Waals surface area contributed by atoms with Crippen molar-refractivity contribution in [2.45, 2.75) is 99.8 Å². The molecule has 2 nitrogen and oxygen atoms in total. The number of carboxylic acids is 1. The van der Waals surface area contributed by atoms with Crippen LogP contribution in [0, 0.1) is 70.0 Å². The molecule has 4 fully saturated rings. The van der Waals surface area contributed by atoms with Gasteiger partial charge in [0.25, 0.3) is 0 Å². The molecule has 0 amide bonds. The van der Waals surface area contributed by atoms with Gasteiger partial charge in [-0.15, -0.1) is 0 Å². The number of aliphatic carboxylic acids is 1. The van der Waals surface area contributed by atoms with Crippen LogP contribution in [0.25, 0.3) is 5.57 Å². The molecule has 0 aromatic heterocycles. The standard InChI is InChI=1S/C37H52O2/c1-22(2)26-21-27(33(38)39)25-15-19-36(7)29(32(25)26)13-14-31-35(6)18-16-28(24-11-9-23(3)10-12-24)34(4,5)30(35)17-20-37(31,36)8/h9-12,16,25-27,29-32H,1,13-15,17-21H2,2-8H3,(H,38,39)/t25?,26-,27+,29+,30-,31+,32+,35-,36+,37+/m0/s1. The Morgan fingerprint density at radius 3 is 2.21 bits per heavy atom. The van der Waals surface area contributed by atoms with Gasteiger partial charge in [0.15, 0.2) is 0 Å². The fraction of sp³-hybridized carbons (Fsp3) is 0.703. The van der Waals surface area contributed by atoms with E-state index in [1.807, 2.05) is 0 Å². The van der Waals surface area contributed by atoms with E-state index in [0.29, 0.717) is 40.4 Å². The van der Waals surface area contributed by atoms with Crippen LogP contribution in [0.1, 0.15) is 104 Å². The van der Waals surface area contributed by atoms with E-state index in [1.165, 1.54) is 55.2 Å². The summed E-state index contributed by atoms with van der Waals surface area (Å²) in [6.45, 7) is 21.8. The summed E-state index contributed by atoms with van der Waals surface area (Å²) in [7, 11) is 0. The maximum Gasteiger partial charge on any atom is 0.306 e. The zero-order chi connectivity index (χ0) is 28.1. The molecule has 10 atom stereocenters. The highest BCUT2D eigenvalue weighted by atomic mass is 16.4. The van der Waals surface area contributed by atoms with E-state index in [0.717, 1.165) is 18.8 Å². The third-order valence-electron chi connectivity index (χ3n) is 14.3. The minimum absolute atomic E-state index is 0.157. The molecule has 5 aliphatic carbocycles. The minimum atomic E-state index is -0.564. The lowest BCUT2D eigenvalue weighted by molar-refractivity contribution is -0.216. The van der Waals surface area contributed by atoms with Gasteiger partial charge < -0.3 is 5.11 Å². The summed E-state index contributed by atoms with van der Waals surface area (Å²) in [5.41, 5.74) is 6.57. The highest BCUT2D eigenvalue weighted by Crippen LogP contribution is 2.76. The van der Waals surface area contributed by atoms with Crippen LogP contribution in [0.5, 0.6) is 0 Å². The summed E-state index contributed by atoms with van der Waals surface area (Å²) < 4.78 is 0. The van der Waals surface area contributed by atoms with Crippen molar-refractivity contribution in [2.24, 2.45) is 63.1 Å². The number of rotatable bonds is 3. The molecule has 0 saturated heterocycles. The summed E-state index contributed by atoms with van der Waals surface area (Å²) in [4.78, 5) is 12.3. The van der Waals surface area contributed by atoms with Crippen LogP contribution < -0.4 is 0 Å². The normalized spacial score (nSPS) is 46.2. The van der Waals surface area contributed by atoms with E-state index in [2.05, 4.69) is 85.4 Å². The topological polar surface area (TPSA) is 37.3 Å². The van der Waals surface area contributed by atoms with Crippen molar-refractivity contribution in [3.63, 3.8) is 0 Å². The number of carbonyl (C=O) groups is 1. The van der Waals surface area contributed by atoms with Crippen molar-refractivity contribution in [3.8, 4) is 0 Å². The molecule has 1 aromatic rings. The molecule has 1 unspecified atom stereocenters. The van der Waals surface area contributed by atoms with Crippen molar-refractivity contribution >= 4 is 11.5 Å². The average Bonchev–Trinajstić information content (AvgIpc) is 3.25. The zero-order valence-electron chi connectivity index (χ0n) is 25.6. The number of allylic oxidation sites excluding steroid dienone is 3. The Morgan fingerprint density at radius 2 is 1.56 bits per heavy atom. The average molecular weight is 529 g/mol. The van der Waals surface area contributed by atoms with Gasteiger partial charge in [0.05, 0.1) is 5.92 Å². The lowest BCUT2D eigenvalue weighted by atomic mass is 9.33. The van der Waals surface area contributed by atoms with Gasteiger partial charge in [-0.05, 0) is 134 Å². The Bertz CT molecular complexity index is 1200. The number of carboxylic acid groups (broad SMARTS) is 1. The molecule has 0 radical (unpaired) electrons. The smallest absolute Gasteiger partial charge is 0.306 e. The lowest BCUT2D eigenvalue weighted by Gasteiger charge is -2.71. The molecule has 2 heteroatoms. The van der Waals surface area contributed by atoms with E-state index in [-0.39, 0.29) is 16.7 Å². The van der Waals surface area contributed by atoms with E-state index >= 15 is 0 Å². The van der Waals surface area contributed by atoms with Crippen LogP contribution in [-0.2, 0) is 4.79 Å². The first-order valence-corrected chi connectivity index (χ1v) is 15.9. The molecule has 0 bridgehead atoms. The fourth-order valence-electron chi connectivity index (χ4n) is 12.3. The SMILES string of the molecule is C=C(C)[C@@H]1C[C@@H](C(=O)O)C2CC[C@]3(C)[C@H](CC[C@@H]4[C@@]5(C)CC=C(c6ccc(C)cc6)C(C)(C)[C@@H]5CC[C@]43C)[C@H]21. The molecule has 6 rings (SSSR count). The van der Waals surface area contributed by atoms with Crippen LogP contribution in [0.4, 0.5) is 0 Å². The highest BCUT2D eigenvalue weighted by Gasteiger charge is 2.69. The first-order valence-electron chi connectivity index (χ1n) is 15.9. The number of hydrogen-bond acceptors (Lipinski definition) is 1. The number of fused-ring (bicyclic) bond motifs is 7. The van der Waals surface area contributed by atoms with E-state index < -0.39 is 5.97 Å². The molecule has 1 N–H and O–H groups in total. The van der Waals surface area contributed by atoms with E-state index in [9.17, 15) is 9.90 Å². The van der Waals surface area contributed by atoms with Crippen molar-refractivity contribution in [3.05, 3.63) is 53.6 Å². The van der Waals surface area contributed by atoms with Crippen molar-refractivity contribution in [1.29, 1.82) is 0 Å². The molecule has 212 valence electrons. The maximum atomic E-state index is 12.3. The molecule has 39 heavy (non-hydrogen) atoms. The predicted molar refractivity (Wildman–Crippen MR) is 161 cm³/mol. The summed E-state index contributed by atoms with van der Waals surface area (Å²) in [6.07, 6.45) is 12.1. The van der Waals surface area contributed by atoms with Gasteiger partial charge in [-0.2, -0.15) is 0 Å². The fourth-order valence-corrected chi connectivity index (χ4v) is 12.3. The lowest BCUT2D eigenvalue weighted by Crippen LogP contribution is -2.64. The van der Waals surface area contributed by atoms with Gasteiger partial charge in [-0.25, -0.2) is 0 Å². The molecular formula is C37H52O2. The quantitative estimate of drug-likeness (QED) is 0.397. The minimum Gasteiger partial charge on any atom is -0.481 e. The maximum absolute atomic E-state index is 12.3. The van der Waals surface area contributed by atoms with Crippen LogP contribution >= 0.6 is 0 Å². The number of benzene rings is 1. The van der Waals surface area contributed by atoms with Crippen LogP contribution in [0.3, 0.4) is 0 Å². The van der Waals surface area contributed by atoms with Crippen LogP contribution in [0.15, 0.2) is 42.5 Å². The van der Waals surface area contributed by atoms with E-state index in [1.54, 1.807) is 5.57 Å². The summed E-state index contributed by atoms with van der Waals surface area (Å²) in [5.74, 6) is 2.50. The summed E-state index contributed by atoms with van der Waals surface area (Å²) in [5, 5.41) is 10.1. The molecule has 5 aliphatic rings. The number of aryl methyl sites for hydroxylation is 1. The Balaban J connectivity index is 1.36. The Hall–Kier alpha value is -1.83. The monoisotopic (exact) mass is 528 g/mol. The molecular weight excluding hydrogens is 476 g/mol. The summed E-state index contributed by atoms with van der Waals surface area (Å²) >= 11 is 0. The molecule has 0 heterocycles. The second-order valence-corrected chi connectivity index (χ2v) is 16.0. The van der Waals surface area contributed by atoms with Crippen molar-refractivity contribution in [2.75, 3.05) is 0 Å².